The number of rotatable bonds is 3. The van der Waals surface area contributed by atoms with Crippen LogP contribution in [0.1, 0.15) is 24.6 Å². The molecule has 0 radical (unpaired) electrons. The van der Waals surface area contributed by atoms with Crippen molar-refractivity contribution in [2.75, 3.05) is 0 Å². The smallest absolute Gasteiger partial charge is 0.390 e. The highest BCUT2D eigenvalue weighted by atomic mass is 35.5. The van der Waals surface area contributed by atoms with Gasteiger partial charge < -0.3 is 10.1 Å². The van der Waals surface area contributed by atoms with Crippen molar-refractivity contribution in [1.82, 2.24) is 9.55 Å². The zero-order valence-electron chi connectivity index (χ0n) is 6.81. The minimum atomic E-state index is -0.464. The van der Waals surface area contributed by atoms with Gasteiger partial charge in [0.05, 0.1) is 11.9 Å². The van der Waals surface area contributed by atoms with E-state index in [-0.39, 0.29) is 17.9 Å². The summed E-state index contributed by atoms with van der Waals surface area (Å²) in [6.45, 7) is 0. The van der Waals surface area contributed by atoms with E-state index in [0.717, 1.165) is 18.5 Å². The molecule has 0 atom stereocenters. The first kappa shape index (κ1) is 8.50. The van der Waals surface area contributed by atoms with E-state index in [0.29, 0.717) is 0 Å². The third-order valence-corrected chi connectivity index (χ3v) is 2.34. The summed E-state index contributed by atoms with van der Waals surface area (Å²) >= 11 is 5.64. The monoisotopic (exact) mass is 201 g/mol. The van der Waals surface area contributed by atoms with Crippen LogP contribution in [0.25, 0.3) is 0 Å². The average molecular weight is 202 g/mol. The van der Waals surface area contributed by atoms with Gasteiger partial charge in [-0.2, -0.15) is 0 Å². The molecule has 1 aromatic heterocycles. The van der Waals surface area contributed by atoms with Crippen molar-refractivity contribution in [3.8, 4) is 0 Å². The van der Waals surface area contributed by atoms with Gasteiger partial charge in [0.1, 0.15) is 11.9 Å². The van der Waals surface area contributed by atoms with Crippen LogP contribution in [0.5, 0.6) is 0 Å². The SMILES string of the molecule is O=[N+]([O-])c1ncc(CCl)n1C1CC1. The van der Waals surface area contributed by atoms with Crippen molar-refractivity contribution in [1.29, 1.82) is 0 Å². The van der Waals surface area contributed by atoms with Gasteiger partial charge in [-0.05, 0) is 17.8 Å². The lowest BCUT2D eigenvalue weighted by Crippen LogP contribution is -2.04. The predicted octanol–water partition coefficient (Wildman–Crippen LogP) is 1.86. The van der Waals surface area contributed by atoms with E-state index < -0.39 is 4.92 Å². The van der Waals surface area contributed by atoms with E-state index >= 15 is 0 Å². The Balaban J connectivity index is 2.44. The lowest BCUT2D eigenvalue weighted by molar-refractivity contribution is -0.396. The van der Waals surface area contributed by atoms with Gasteiger partial charge in [0.25, 0.3) is 0 Å². The van der Waals surface area contributed by atoms with Crippen LogP contribution in [0, 0.1) is 10.1 Å². The quantitative estimate of drug-likeness (QED) is 0.426. The number of imidazole rings is 1. The Labute approximate surface area is 79.5 Å². The molecule has 0 saturated heterocycles. The molecule has 1 aromatic rings. The summed E-state index contributed by atoms with van der Waals surface area (Å²) in [5.41, 5.74) is 0.732. The molecule has 1 aliphatic rings. The molecule has 70 valence electrons. The number of halogens is 1. The third kappa shape index (κ3) is 1.39. The standard InChI is InChI=1S/C7H8ClN3O2/c8-3-6-4-9-7(11(12)13)10(6)5-1-2-5/h4-5H,1-3H2. The molecule has 0 unspecified atom stereocenters. The Morgan fingerprint density at radius 3 is 2.92 bits per heavy atom. The fourth-order valence-corrected chi connectivity index (χ4v) is 1.55. The van der Waals surface area contributed by atoms with E-state index in [1.54, 1.807) is 4.57 Å². The van der Waals surface area contributed by atoms with Crippen LogP contribution in [-0.2, 0) is 5.88 Å². The topological polar surface area (TPSA) is 61.0 Å². The summed E-state index contributed by atoms with van der Waals surface area (Å²) in [7, 11) is 0. The maximum Gasteiger partial charge on any atom is 0.435 e. The first-order valence-corrected chi connectivity index (χ1v) is 4.54. The Kier molecular flexibility index (Phi) is 1.95. The lowest BCUT2D eigenvalue weighted by atomic mass is 10.5. The van der Waals surface area contributed by atoms with E-state index in [1.807, 2.05) is 0 Å². The van der Waals surface area contributed by atoms with E-state index in [4.69, 9.17) is 11.6 Å². The van der Waals surface area contributed by atoms with E-state index in [2.05, 4.69) is 4.98 Å². The van der Waals surface area contributed by atoms with Gasteiger partial charge in [0.15, 0.2) is 0 Å². The highest BCUT2D eigenvalue weighted by molar-refractivity contribution is 6.16. The second-order valence-corrected chi connectivity index (χ2v) is 3.31. The summed E-state index contributed by atoms with van der Waals surface area (Å²) in [6, 6.07) is 0.247. The van der Waals surface area contributed by atoms with Crippen molar-refractivity contribution >= 4 is 17.5 Å². The molecule has 0 amide bonds. The summed E-state index contributed by atoms with van der Waals surface area (Å²) < 4.78 is 1.63. The largest absolute Gasteiger partial charge is 0.435 e. The molecule has 0 bridgehead atoms. The molecule has 2 rings (SSSR count). The molecule has 0 aromatic carbocycles. The van der Waals surface area contributed by atoms with E-state index in [9.17, 15) is 10.1 Å². The second-order valence-electron chi connectivity index (χ2n) is 3.04. The molecule has 1 fully saturated rings. The van der Waals surface area contributed by atoms with Gasteiger partial charge in [-0.15, -0.1) is 11.6 Å². The lowest BCUT2D eigenvalue weighted by Gasteiger charge is -2.00. The Hall–Kier alpha value is -1.10. The molecule has 13 heavy (non-hydrogen) atoms. The maximum absolute atomic E-state index is 10.6. The maximum atomic E-state index is 10.6. The number of alkyl halides is 1. The van der Waals surface area contributed by atoms with E-state index in [1.165, 1.54) is 6.20 Å². The van der Waals surface area contributed by atoms with Crippen LogP contribution in [-0.4, -0.2) is 14.5 Å². The van der Waals surface area contributed by atoms with Crippen LogP contribution in [0.2, 0.25) is 0 Å². The molecule has 1 heterocycles. The highest BCUT2D eigenvalue weighted by Gasteiger charge is 2.34. The van der Waals surface area contributed by atoms with Crippen molar-refractivity contribution in [3.05, 3.63) is 22.0 Å². The Morgan fingerprint density at radius 1 is 1.77 bits per heavy atom. The number of hydrogen-bond donors (Lipinski definition) is 0. The summed E-state index contributed by atoms with van der Waals surface area (Å²) in [5.74, 6) is 0.190. The number of aromatic nitrogens is 2. The highest BCUT2D eigenvalue weighted by Crippen LogP contribution is 2.39. The zero-order valence-corrected chi connectivity index (χ0v) is 7.57. The molecule has 1 saturated carbocycles. The third-order valence-electron chi connectivity index (χ3n) is 2.07. The Morgan fingerprint density at radius 2 is 2.46 bits per heavy atom. The first-order chi connectivity index (χ1) is 6.24. The fourth-order valence-electron chi connectivity index (χ4n) is 1.35. The van der Waals surface area contributed by atoms with Crippen LogP contribution < -0.4 is 0 Å². The minimum Gasteiger partial charge on any atom is -0.390 e. The summed E-state index contributed by atoms with van der Waals surface area (Å²) in [6.07, 6.45) is 3.45. The molecular formula is C7H8ClN3O2. The second kappa shape index (κ2) is 2.99. The molecule has 5 nitrogen and oxygen atoms in total. The van der Waals surface area contributed by atoms with Gasteiger partial charge in [-0.25, -0.2) is 4.57 Å². The van der Waals surface area contributed by atoms with Crippen LogP contribution in [0.4, 0.5) is 5.95 Å². The molecule has 1 aliphatic carbocycles. The fraction of sp³-hybridized carbons (Fsp3) is 0.571. The molecule has 0 spiro atoms. The predicted molar refractivity (Wildman–Crippen MR) is 46.7 cm³/mol. The number of nitro groups is 1. The minimum absolute atomic E-state index is 0.0850. The van der Waals surface area contributed by atoms with Crippen molar-refractivity contribution in [2.45, 2.75) is 24.8 Å². The molecule has 0 aliphatic heterocycles. The van der Waals surface area contributed by atoms with Gasteiger partial charge in [-0.1, -0.05) is 4.98 Å². The number of hydrogen-bond acceptors (Lipinski definition) is 3. The van der Waals surface area contributed by atoms with Crippen molar-refractivity contribution < 1.29 is 4.92 Å². The van der Waals surface area contributed by atoms with Gasteiger partial charge in [0.2, 0.25) is 0 Å². The number of nitrogens with zero attached hydrogens (tertiary/aromatic N) is 3. The van der Waals surface area contributed by atoms with Crippen molar-refractivity contribution in [2.24, 2.45) is 0 Å². The molecular weight excluding hydrogens is 194 g/mol. The zero-order chi connectivity index (χ0) is 9.42. The van der Waals surface area contributed by atoms with Crippen LogP contribution in [0.3, 0.4) is 0 Å². The van der Waals surface area contributed by atoms with Crippen LogP contribution >= 0.6 is 11.6 Å². The summed E-state index contributed by atoms with van der Waals surface area (Å²) in [4.78, 5) is 13.8. The van der Waals surface area contributed by atoms with Gasteiger partial charge >= 0.3 is 5.95 Å². The summed E-state index contributed by atoms with van der Waals surface area (Å²) in [5, 5.41) is 10.6. The van der Waals surface area contributed by atoms with Gasteiger partial charge in [-0.3, -0.25) is 0 Å². The Bertz CT molecular complexity index is 346. The van der Waals surface area contributed by atoms with Gasteiger partial charge in [0, 0.05) is 0 Å². The molecule has 6 heteroatoms. The average Bonchev–Trinajstić information content (AvgIpc) is 2.84. The molecule has 0 N–H and O–H groups in total. The van der Waals surface area contributed by atoms with Crippen LogP contribution in [0.15, 0.2) is 6.20 Å². The first-order valence-electron chi connectivity index (χ1n) is 4.00. The van der Waals surface area contributed by atoms with Crippen molar-refractivity contribution in [3.63, 3.8) is 0 Å². The normalized spacial score (nSPS) is 16.1.